The largest absolute Gasteiger partial charge is 0.307 e. The normalized spacial score (nSPS) is 17.7. The summed E-state index contributed by atoms with van der Waals surface area (Å²) in [7, 11) is 0. The average molecular weight is 329 g/mol. The molecule has 0 N–H and O–H groups in total. The van der Waals surface area contributed by atoms with Crippen molar-refractivity contribution in [1.82, 2.24) is 0 Å². The Morgan fingerprint density at radius 3 is 2.64 bits per heavy atom. The van der Waals surface area contributed by atoms with E-state index in [-0.39, 0.29) is 5.91 Å². The lowest BCUT2D eigenvalue weighted by atomic mass is 10.1. The lowest BCUT2D eigenvalue weighted by Crippen LogP contribution is -2.32. The number of rotatable bonds is 2. The summed E-state index contributed by atoms with van der Waals surface area (Å²) in [4.78, 5) is 17.2. The van der Waals surface area contributed by atoms with Gasteiger partial charge in [-0.3, -0.25) is 4.79 Å². The summed E-state index contributed by atoms with van der Waals surface area (Å²) < 4.78 is 0. The molecule has 0 fully saturated rings. The maximum Gasteiger partial charge on any atom is 0.258 e. The molecule has 0 aromatic heterocycles. The Kier molecular flexibility index (Phi) is 4.79. The summed E-state index contributed by atoms with van der Waals surface area (Å²) in [6.07, 6.45) is 3.05. The van der Waals surface area contributed by atoms with Crippen molar-refractivity contribution in [1.29, 1.82) is 0 Å². The zero-order chi connectivity index (χ0) is 15.5. The highest BCUT2D eigenvalue weighted by atomic mass is 32.2. The van der Waals surface area contributed by atoms with Gasteiger partial charge in [-0.15, -0.1) is 23.5 Å². The molecule has 2 aromatic rings. The summed E-state index contributed by atoms with van der Waals surface area (Å²) in [6.45, 7) is 3.00. The first-order valence-electron chi connectivity index (χ1n) is 7.40. The predicted molar refractivity (Wildman–Crippen MR) is 96.3 cm³/mol. The number of fused-ring (bicyclic) bond motifs is 1. The van der Waals surface area contributed by atoms with Crippen LogP contribution in [0.5, 0.6) is 0 Å². The molecule has 1 unspecified atom stereocenters. The summed E-state index contributed by atoms with van der Waals surface area (Å²) >= 11 is 3.55. The van der Waals surface area contributed by atoms with Gasteiger partial charge in [-0.25, -0.2) is 0 Å². The van der Waals surface area contributed by atoms with Crippen LogP contribution in [-0.4, -0.2) is 24.0 Å². The van der Waals surface area contributed by atoms with Crippen LogP contribution in [0.1, 0.15) is 23.7 Å². The first-order valence-corrected chi connectivity index (χ1v) is 9.51. The Morgan fingerprint density at radius 2 is 1.91 bits per heavy atom. The number of thioether (sulfide) groups is 2. The molecule has 1 heterocycles. The van der Waals surface area contributed by atoms with Gasteiger partial charge in [0.25, 0.3) is 5.91 Å². The molecule has 0 bridgehead atoms. The third-order valence-corrected chi connectivity index (χ3v) is 5.81. The molecule has 0 radical (unpaired) electrons. The second-order valence-corrected chi connectivity index (χ2v) is 7.73. The van der Waals surface area contributed by atoms with E-state index < -0.39 is 0 Å². The zero-order valence-electron chi connectivity index (χ0n) is 12.8. The third kappa shape index (κ3) is 3.18. The van der Waals surface area contributed by atoms with Crippen LogP contribution < -0.4 is 4.90 Å². The van der Waals surface area contributed by atoms with E-state index in [4.69, 9.17) is 0 Å². The minimum Gasteiger partial charge on any atom is -0.307 e. The van der Waals surface area contributed by atoms with Gasteiger partial charge in [0.2, 0.25) is 0 Å². The van der Waals surface area contributed by atoms with Crippen molar-refractivity contribution in [2.24, 2.45) is 0 Å². The predicted octanol–water partition coefficient (Wildman–Crippen LogP) is 4.94. The molecule has 0 saturated carbocycles. The highest BCUT2D eigenvalue weighted by Crippen LogP contribution is 2.37. The maximum atomic E-state index is 12.9. The van der Waals surface area contributed by atoms with Crippen LogP contribution in [0.2, 0.25) is 0 Å². The van der Waals surface area contributed by atoms with Crippen LogP contribution in [0.15, 0.2) is 58.3 Å². The van der Waals surface area contributed by atoms with Gasteiger partial charge in [0, 0.05) is 27.1 Å². The Hall–Kier alpha value is -1.39. The second kappa shape index (κ2) is 6.80. The van der Waals surface area contributed by atoms with Gasteiger partial charge < -0.3 is 4.90 Å². The number of amides is 1. The number of hydrogen-bond acceptors (Lipinski definition) is 3. The van der Waals surface area contributed by atoms with Gasteiger partial charge >= 0.3 is 0 Å². The van der Waals surface area contributed by atoms with Gasteiger partial charge in [-0.1, -0.05) is 19.1 Å². The summed E-state index contributed by atoms with van der Waals surface area (Å²) in [5.41, 5.74) is 1.79. The Bertz CT molecular complexity index is 669. The van der Waals surface area contributed by atoms with E-state index >= 15 is 0 Å². The molecule has 2 nitrogen and oxygen atoms in total. The van der Waals surface area contributed by atoms with E-state index in [1.807, 2.05) is 59.3 Å². The van der Waals surface area contributed by atoms with E-state index in [0.717, 1.165) is 24.2 Å². The van der Waals surface area contributed by atoms with E-state index in [1.54, 1.807) is 11.8 Å². The van der Waals surface area contributed by atoms with Crippen molar-refractivity contribution < 1.29 is 4.79 Å². The van der Waals surface area contributed by atoms with Gasteiger partial charge in [0.1, 0.15) is 0 Å². The number of para-hydroxylation sites is 1. The number of hydrogen-bond donors (Lipinski definition) is 0. The average Bonchev–Trinajstić information content (AvgIpc) is 2.72. The Labute approximate surface area is 140 Å². The third-order valence-electron chi connectivity index (χ3n) is 3.83. The Balaban J connectivity index is 1.94. The van der Waals surface area contributed by atoms with Crippen LogP contribution in [0.4, 0.5) is 5.69 Å². The van der Waals surface area contributed by atoms with E-state index in [2.05, 4.69) is 19.1 Å². The molecule has 2 aromatic carbocycles. The van der Waals surface area contributed by atoms with Crippen molar-refractivity contribution in [3.8, 4) is 0 Å². The molecule has 4 heteroatoms. The molecule has 1 aliphatic heterocycles. The number of anilines is 1. The lowest BCUT2D eigenvalue weighted by Gasteiger charge is -2.22. The van der Waals surface area contributed by atoms with Gasteiger partial charge in [0.05, 0.1) is 5.69 Å². The molecule has 1 aliphatic rings. The van der Waals surface area contributed by atoms with Crippen LogP contribution in [0.3, 0.4) is 0 Å². The van der Waals surface area contributed by atoms with E-state index in [1.165, 1.54) is 9.79 Å². The van der Waals surface area contributed by atoms with Gasteiger partial charge in [0.15, 0.2) is 0 Å². The van der Waals surface area contributed by atoms with Crippen LogP contribution >= 0.6 is 23.5 Å². The SMILES string of the molecule is CSc1ccc(C(=O)N2CCC(C)Sc3ccccc32)cc1. The number of benzene rings is 2. The first-order chi connectivity index (χ1) is 10.7. The smallest absolute Gasteiger partial charge is 0.258 e. The van der Waals surface area contributed by atoms with Crippen LogP contribution in [-0.2, 0) is 0 Å². The molecule has 114 valence electrons. The van der Waals surface area contributed by atoms with E-state index in [9.17, 15) is 4.79 Å². The number of carbonyl (C=O) groups is 1. The molecule has 0 aliphatic carbocycles. The molecule has 0 spiro atoms. The fourth-order valence-electron chi connectivity index (χ4n) is 2.59. The van der Waals surface area contributed by atoms with Crippen molar-refractivity contribution >= 4 is 35.1 Å². The van der Waals surface area contributed by atoms with Crippen LogP contribution in [0.25, 0.3) is 0 Å². The molecular formula is C18H19NOS2. The quantitative estimate of drug-likeness (QED) is 0.728. The van der Waals surface area contributed by atoms with Crippen molar-refractivity contribution in [3.05, 3.63) is 54.1 Å². The fourth-order valence-corrected chi connectivity index (χ4v) is 4.11. The minimum absolute atomic E-state index is 0.0924. The Morgan fingerprint density at radius 1 is 1.18 bits per heavy atom. The lowest BCUT2D eigenvalue weighted by molar-refractivity contribution is 0.0986. The fraction of sp³-hybridized carbons (Fsp3) is 0.278. The van der Waals surface area contributed by atoms with Crippen molar-refractivity contribution in [3.63, 3.8) is 0 Å². The second-order valence-electron chi connectivity index (χ2n) is 5.37. The van der Waals surface area contributed by atoms with Crippen molar-refractivity contribution in [2.75, 3.05) is 17.7 Å². The molecule has 1 atom stereocenters. The number of nitrogens with zero attached hydrogens (tertiary/aromatic N) is 1. The summed E-state index contributed by atoms with van der Waals surface area (Å²) in [5, 5.41) is 0.526. The van der Waals surface area contributed by atoms with Crippen LogP contribution in [0, 0.1) is 0 Å². The van der Waals surface area contributed by atoms with Gasteiger partial charge in [-0.2, -0.15) is 0 Å². The summed E-state index contributed by atoms with van der Waals surface area (Å²) in [5.74, 6) is 0.0924. The number of carbonyl (C=O) groups excluding carboxylic acids is 1. The maximum absolute atomic E-state index is 12.9. The summed E-state index contributed by atoms with van der Waals surface area (Å²) in [6, 6.07) is 16.1. The standard InChI is InChI=1S/C18H19NOS2/c1-13-11-12-19(16-5-3-4-6-17(16)22-13)18(20)14-7-9-15(21-2)10-8-14/h3-10,13H,11-12H2,1-2H3. The topological polar surface area (TPSA) is 20.3 Å². The zero-order valence-corrected chi connectivity index (χ0v) is 14.4. The minimum atomic E-state index is 0.0924. The molecule has 0 saturated heterocycles. The monoisotopic (exact) mass is 329 g/mol. The van der Waals surface area contributed by atoms with E-state index in [0.29, 0.717) is 5.25 Å². The highest BCUT2D eigenvalue weighted by molar-refractivity contribution is 8.00. The molecular weight excluding hydrogens is 310 g/mol. The van der Waals surface area contributed by atoms with Crippen molar-refractivity contribution in [2.45, 2.75) is 28.4 Å². The highest BCUT2D eigenvalue weighted by Gasteiger charge is 2.24. The molecule has 22 heavy (non-hydrogen) atoms. The first kappa shape index (κ1) is 15.5. The van der Waals surface area contributed by atoms with Gasteiger partial charge in [-0.05, 0) is 49.1 Å². The molecule has 1 amide bonds. The molecule has 3 rings (SSSR count).